The molecule has 0 saturated carbocycles. The Morgan fingerprint density at radius 3 is 2.15 bits per heavy atom. The lowest BCUT2D eigenvalue weighted by Crippen LogP contribution is -2.45. The van der Waals surface area contributed by atoms with Crippen LogP contribution < -0.4 is 5.26 Å². The van der Waals surface area contributed by atoms with E-state index in [2.05, 4.69) is 9.37 Å². The summed E-state index contributed by atoms with van der Waals surface area (Å²) in [5.41, 5.74) is -2.18. The van der Waals surface area contributed by atoms with E-state index in [-0.39, 0.29) is 12.8 Å². The Labute approximate surface area is 78.9 Å². The summed E-state index contributed by atoms with van der Waals surface area (Å²) in [6, 6.07) is 0. The highest BCUT2D eigenvalue weighted by molar-refractivity contribution is 7.95. The molecule has 4 nitrogen and oxygen atoms in total. The summed E-state index contributed by atoms with van der Waals surface area (Å²) in [5.74, 6) is 0. The lowest BCUT2D eigenvalue weighted by atomic mass is 9.98. The minimum atomic E-state index is -3.57. The molecule has 0 saturated heterocycles. The highest BCUT2D eigenvalue weighted by atomic mass is 32.2. The normalized spacial score (nSPS) is 13.4. The van der Waals surface area contributed by atoms with Gasteiger partial charge in [0.15, 0.2) is 0 Å². The minimum absolute atomic E-state index is 0.147. The largest absolute Gasteiger partial charge is 0.691 e. The third-order valence-electron chi connectivity index (χ3n) is 1.88. The second-order valence-electron chi connectivity index (χ2n) is 2.47. The first kappa shape index (κ1) is 13.1. The van der Waals surface area contributed by atoms with Gasteiger partial charge in [0.2, 0.25) is 0 Å². The van der Waals surface area contributed by atoms with Crippen LogP contribution in [0, 0.1) is 0 Å². The Hall–Kier alpha value is 0.0500. The standard InChI is InChI=1S/C6H12F2O4S/c1-3-5(9,4-2)6(7,8)13-12-11-10/h9-10H,3-4H2,1-2H3/p-1. The molecule has 0 aliphatic carbocycles. The van der Waals surface area contributed by atoms with Crippen molar-refractivity contribution in [3.63, 3.8) is 0 Å². The SMILES string of the molecule is CCC(O)(CC)C(F)(F)SOO[O-]. The maximum absolute atomic E-state index is 13.0. The summed E-state index contributed by atoms with van der Waals surface area (Å²) in [7, 11) is 0. The third-order valence-corrected chi connectivity index (χ3v) is 2.59. The predicted octanol–water partition coefficient (Wildman–Crippen LogP) is 1.00. The van der Waals surface area contributed by atoms with Crippen molar-refractivity contribution in [2.45, 2.75) is 37.5 Å². The minimum Gasteiger partial charge on any atom is -0.691 e. The fraction of sp³-hybridized carbons (Fsp3) is 1.00. The molecule has 0 aromatic rings. The Morgan fingerprint density at radius 1 is 1.38 bits per heavy atom. The first-order valence-electron chi connectivity index (χ1n) is 3.68. The molecule has 0 atom stereocenters. The maximum atomic E-state index is 13.0. The second-order valence-corrected chi connectivity index (χ2v) is 3.29. The van der Waals surface area contributed by atoms with Crippen LogP contribution in [-0.2, 0) is 9.37 Å². The molecule has 0 aliphatic rings. The molecular formula is C6H11F2O4S-. The van der Waals surface area contributed by atoms with Crippen molar-refractivity contribution in [2.24, 2.45) is 0 Å². The van der Waals surface area contributed by atoms with Gasteiger partial charge >= 0.3 is 5.25 Å². The van der Waals surface area contributed by atoms with Crippen LogP contribution in [-0.4, -0.2) is 16.0 Å². The lowest BCUT2D eigenvalue weighted by Gasteiger charge is -2.32. The molecule has 7 heteroatoms. The molecule has 0 radical (unpaired) electrons. The molecule has 0 aromatic heterocycles. The topological polar surface area (TPSA) is 61.8 Å². The number of aliphatic hydroxyl groups is 1. The van der Waals surface area contributed by atoms with Crippen molar-refractivity contribution in [2.75, 3.05) is 0 Å². The molecule has 0 amide bonds. The summed E-state index contributed by atoms with van der Waals surface area (Å²) >= 11 is -0.483. The maximum Gasteiger partial charge on any atom is 0.348 e. The van der Waals surface area contributed by atoms with E-state index in [1.165, 1.54) is 13.8 Å². The van der Waals surface area contributed by atoms with Crippen LogP contribution in [0.25, 0.3) is 0 Å². The van der Waals surface area contributed by atoms with Crippen LogP contribution in [0.3, 0.4) is 0 Å². The van der Waals surface area contributed by atoms with Gasteiger partial charge in [0, 0.05) is 0 Å². The zero-order valence-corrected chi connectivity index (χ0v) is 8.07. The number of halogens is 2. The average Bonchev–Trinajstić information content (AvgIpc) is 2.13. The zero-order valence-electron chi connectivity index (χ0n) is 7.25. The molecule has 0 rings (SSSR count). The van der Waals surface area contributed by atoms with Crippen LogP contribution in [0.2, 0.25) is 0 Å². The summed E-state index contributed by atoms with van der Waals surface area (Å²) in [6.45, 7) is 2.83. The van der Waals surface area contributed by atoms with E-state index in [0.717, 1.165) is 0 Å². The molecular weight excluding hydrogens is 206 g/mol. The van der Waals surface area contributed by atoms with Crippen molar-refractivity contribution >= 4 is 12.0 Å². The molecule has 0 unspecified atom stereocenters. The fourth-order valence-corrected chi connectivity index (χ4v) is 1.35. The van der Waals surface area contributed by atoms with Crippen molar-refractivity contribution in [1.82, 2.24) is 0 Å². The smallest absolute Gasteiger partial charge is 0.348 e. The van der Waals surface area contributed by atoms with E-state index in [9.17, 15) is 19.1 Å². The lowest BCUT2D eigenvalue weighted by molar-refractivity contribution is -0.777. The predicted molar refractivity (Wildman–Crippen MR) is 40.2 cm³/mol. The summed E-state index contributed by atoms with van der Waals surface area (Å²) in [4.78, 5) is 0. The van der Waals surface area contributed by atoms with Gasteiger partial charge in [0.1, 0.15) is 17.6 Å². The van der Waals surface area contributed by atoms with E-state index in [1.807, 2.05) is 0 Å². The van der Waals surface area contributed by atoms with Crippen LogP contribution in [0.4, 0.5) is 8.78 Å². The van der Waals surface area contributed by atoms with E-state index < -0.39 is 22.9 Å². The van der Waals surface area contributed by atoms with Gasteiger partial charge < -0.3 is 10.4 Å². The Kier molecular flexibility index (Phi) is 5.08. The van der Waals surface area contributed by atoms with Gasteiger partial charge in [0.05, 0.1) is 0 Å². The van der Waals surface area contributed by atoms with Crippen LogP contribution >= 0.6 is 12.0 Å². The molecule has 13 heavy (non-hydrogen) atoms. The monoisotopic (exact) mass is 217 g/mol. The highest BCUT2D eigenvalue weighted by Crippen LogP contribution is 2.43. The highest BCUT2D eigenvalue weighted by Gasteiger charge is 2.52. The average molecular weight is 217 g/mol. The fourth-order valence-electron chi connectivity index (χ4n) is 0.796. The molecule has 0 spiro atoms. The van der Waals surface area contributed by atoms with Gasteiger partial charge in [-0.25, -0.2) is 0 Å². The molecule has 0 aliphatic heterocycles. The van der Waals surface area contributed by atoms with Gasteiger partial charge in [-0.15, -0.1) is 0 Å². The van der Waals surface area contributed by atoms with Gasteiger partial charge in [-0.05, 0) is 12.8 Å². The molecule has 0 heterocycles. The van der Waals surface area contributed by atoms with Crippen molar-refractivity contribution in [1.29, 1.82) is 0 Å². The number of alkyl halides is 2. The van der Waals surface area contributed by atoms with E-state index in [1.54, 1.807) is 0 Å². The van der Waals surface area contributed by atoms with Gasteiger partial charge in [-0.3, -0.25) is 5.04 Å². The quantitative estimate of drug-likeness (QED) is 0.408. The Bertz CT molecular complexity index is 152. The van der Waals surface area contributed by atoms with E-state index >= 15 is 0 Å². The van der Waals surface area contributed by atoms with Crippen LogP contribution in [0.15, 0.2) is 0 Å². The van der Waals surface area contributed by atoms with Crippen molar-refractivity contribution < 1.29 is 28.5 Å². The third kappa shape index (κ3) is 3.03. The second kappa shape index (κ2) is 5.06. The van der Waals surface area contributed by atoms with Crippen molar-refractivity contribution in [3.8, 4) is 0 Å². The van der Waals surface area contributed by atoms with E-state index in [0.29, 0.717) is 0 Å². The van der Waals surface area contributed by atoms with Crippen LogP contribution in [0.5, 0.6) is 0 Å². The first-order valence-corrected chi connectivity index (χ1v) is 4.42. The van der Waals surface area contributed by atoms with Gasteiger partial charge in [-0.2, -0.15) is 13.1 Å². The molecule has 1 N–H and O–H groups in total. The first-order chi connectivity index (χ1) is 5.93. The summed E-state index contributed by atoms with van der Waals surface area (Å²) in [6.07, 6.45) is -0.294. The van der Waals surface area contributed by atoms with Gasteiger partial charge in [0.25, 0.3) is 0 Å². The summed E-state index contributed by atoms with van der Waals surface area (Å²) < 4.78 is 29.6. The number of hydrogen-bond donors (Lipinski definition) is 1. The Morgan fingerprint density at radius 2 is 1.85 bits per heavy atom. The Balaban J connectivity index is 4.37. The van der Waals surface area contributed by atoms with Gasteiger partial charge in [-0.1, -0.05) is 13.8 Å². The van der Waals surface area contributed by atoms with E-state index in [4.69, 9.17) is 0 Å². The zero-order chi connectivity index (χ0) is 10.5. The number of rotatable bonds is 6. The van der Waals surface area contributed by atoms with Crippen LogP contribution in [0.1, 0.15) is 26.7 Å². The molecule has 0 fully saturated rings. The van der Waals surface area contributed by atoms with Crippen molar-refractivity contribution in [3.05, 3.63) is 0 Å². The number of hydrogen-bond acceptors (Lipinski definition) is 5. The molecule has 80 valence electrons. The molecule has 0 aromatic carbocycles. The summed E-state index contributed by atoms with van der Waals surface area (Å²) in [5, 5.41) is 17.9. The molecule has 0 bridgehead atoms.